The van der Waals surface area contributed by atoms with Gasteiger partial charge in [-0.25, -0.2) is 0 Å². The first kappa shape index (κ1) is 34.1. The molecule has 4 saturated carbocycles. The maximum Gasteiger partial charge on any atom is 0.309 e. The van der Waals surface area contributed by atoms with Crippen molar-refractivity contribution in [2.24, 2.45) is 62.4 Å². The number of allylic oxidation sites excluding steroid dienone is 1. The third-order valence-corrected chi connectivity index (χ3v) is 13.8. The molecule has 45 heavy (non-hydrogen) atoms. The van der Waals surface area contributed by atoms with Crippen molar-refractivity contribution in [2.75, 3.05) is 13.1 Å². The van der Waals surface area contributed by atoms with E-state index in [1.165, 1.54) is 5.57 Å². The average molecular weight is 627 g/mol. The maximum atomic E-state index is 13.8. The smallest absolute Gasteiger partial charge is 0.309 e. The Labute approximate surface area is 270 Å². The van der Waals surface area contributed by atoms with Crippen LogP contribution in [0.4, 0.5) is 0 Å². The van der Waals surface area contributed by atoms with E-state index in [4.69, 9.17) is 10.5 Å². The van der Waals surface area contributed by atoms with E-state index >= 15 is 0 Å². The first-order chi connectivity index (χ1) is 20.9. The van der Waals surface area contributed by atoms with Crippen LogP contribution in [-0.4, -0.2) is 47.9 Å². The minimum atomic E-state index is -1.16. The van der Waals surface area contributed by atoms with Gasteiger partial charge in [0.25, 0.3) is 0 Å². The zero-order valence-electron chi connectivity index (χ0n) is 29.0. The Morgan fingerprint density at radius 3 is 2.27 bits per heavy atom. The second-order valence-corrected chi connectivity index (χ2v) is 17.4. The van der Waals surface area contributed by atoms with Gasteiger partial charge >= 0.3 is 11.9 Å². The standard InChI is InChI=1S/C37H58N2O6/c1-21(2)29-24(40)19-37(31(42)39-18-17-38)16-11-23-22(30(29)37)9-10-26-35(23,7)14-12-25-34(5,6)27(13-15-36(25,26)8)45-28(41)20-33(3,4)32(43)44/h21-23,25-27H,9-20,38H2,1-8H3,(H,39,42)(H,43,44)/t22?,23?,25?,26?,27-,35?,36?,37+/m0/s1. The number of fused-ring (bicyclic) bond motifs is 7. The summed E-state index contributed by atoms with van der Waals surface area (Å²) in [7, 11) is 0. The number of carboxylic acid groups (broad SMARTS) is 1. The number of rotatable bonds is 8. The number of hydrogen-bond donors (Lipinski definition) is 3. The van der Waals surface area contributed by atoms with Crippen LogP contribution in [-0.2, 0) is 23.9 Å². The third kappa shape index (κ3) is 5.20. The van der Waals surface area contributed by atoms with E-state index in [0.29, 0.717) is 37.3 Å². The normalized spacial score (nSPS) is 39.0. The predicted molar refractivity (Wildman–Crippen MR) is 173 cm³/mol. The number of carboxylic acids is 1. The number of ketones is 1. The lowest BCUT2D eigenvalue weighted by Gasteiger charge is -2.68. The number of hydrogen-bond acceptors (Lipinski definition) is 6. The topological polar surface area (TPSA) is 136 Å². The number of carbonyl (C=O) groups excluding carboxylic acids is 3. The molecule has 0 aromatic rings. The van der Waals surface area contributed by atoms with Crippen LogP contribution in [0, 0.1) is 56.7 Å². The van der Waals surface area contributed by atoms with Crippen LogP contribution in [0.5, 0.6) is 0 Å². The number of carbonyl (C=O) groups is 4. The van der Waals surface area contributed by atoms with Gasteiger partial charge in [0.2, 0.25) is 5.91 Å². The molecule has 8 nitrogen and oxygen atoms in total. The molecule has 0 radical (unpaired) electrons. The number of esters is 1. The van der Waals surface area contributed by atoms with Crippen LogP contribution in [0.25, 0.3) is 0 Å². The molecule has 4 N–H and O–H groups in total. The van der Waals surface area contributed by atoms with Crippen molar-refractivity contribution in [3.8, 4) is 0 Å². The summed E-state index contributed by atoms with van der Waals surface area (Å²) in [5.74, 6) is 0.383. The van der Waals surface area contributed by atoms with Crippen LogP contribution in [0.2, 0.25) is 0 Å². The largest absolute Gasteiger partial charge is 0.481 e. The summed E-state index contributed by atoms with van der Waals surface area (Å²) in [6.45, 7) is 17.7. The van der Waals surface area contributed by atoms with Crippen LogP contribution >= 0.6 is 0 Å². The Bertz CT molecular complexity index is 1280. The summed E-state index contributed by atoms with van der Waals surface area (Å²) in [6.07, 6.45) is 7.56. The summed E-state index contributed by atoms with van der Waals surface area (Å²) in [5.41, 5.74) is 5.90. The van der Waals surface area contributed by atoms with E-state index in [0.717, 1.165) is 56.9 Å². The van der Waals surface area contributed by atoms with Gasteiger partial charge < -0.3 is 20.9 Å². The Morgan fingerprint density at radius 2 is 1.64 bits per heavy atom. The molecule has 8 atom stereocenters. The van der Waals surface area contributed by atoms with Crippen LogP contribution in [0.3, 0.4) is 0 Å². The molecule has 0 aliphatic heterocycles. The molecular formula is C37H58N2O6. The molecule has 0 spiro atoms. The van der Waals surface area contributed by atoms with Gasteiger partial charge in [0, 0.05) is 24.9 Å². The molecule has 252 valence electrons. The van der Waals surface area contributed by atoms with Crippen molar-refractivity contribution in [1.82, 2.24) is 5.32 Å². The Hall–Kier alpha value is -2.22. The summed E-state index contributed by atoms with van der Waals surface area (Å²) in [5, 5.41) is 12.6. The second-order valence-electron chi connectivity index (χ2n) is 17.4. The van der Waals surface area contributed by atoms with Crippen LogP contribution in [0.15, 0.2) is 11.1 Å². The van der Waals surface area contributed by atoms with E-state index in [2.05, 4.69) is 46.9 Å². The Kier molecular flexibility index (Phi) is 8.71. The Morgan fingerprint density at radius 1 is 0.978 bits per heavy atom. The van der Waals surface area contributed by atoms with Crippen molar-refractivity contribution in [3.05, 3.63) is 11.1 Å². The molecule has 1 amide bonds. The first-order valence-electron chi connectivity index (χ1n) is 17.6. The molecule has 8 heteroatoms. The van der Waals surface area contributed by atoms with E-state index in [9.17, 15) is 24.3 Å². The van der Waals surface area contributed by atoms with E-state index in [1.807, 2.05) is 0 Å². The number of ether oxygens (including phenoxy) is 1. The van der Waals surface area contributed by atoms with Gasteiger partial charge in [-0.3, -0.25) is 19.2 Å². The number of amides is 1. The fourth-order valence-corrected chi connectivity index (χ4v) is 11.8. The van der Waals surface area contributed by atoms with Gasteiger partial charge in [-0.1, -0.05) is 41.5 Å². The summed E-state index contributed by atoms with van der Waals surface area (Å²) in [6, 6.07) is 0. The highest BCUT2D eigenvalue weighted by Crippen LogP contribution is 2.73. The predicted octanol–water partition coefficient (Wildman–Crippen LogP) is 6.06. The maximum absolute atomic E-state index is 13.8. The summed E-state index contributed by atoms with van der Waals surface area (Å²) < 4.78 is 6.10. The molecule has 5 aliphatic rings. The number of Topliss-reactive ketones (excluding diaryl/α,β-unsaturated/α-hetero) is 1. The SMILES string of the molecule is CC(C)C1=C2C3CCC4C(C)(CCC5C4(C)CC[C@H](OC(=O)CC(C)(C)C(=O)O)C5(C)C)C3CC[C@@]2(C(=O)NCCN)CC1=O. The van der Waals surface area contributed by atoms with Crippen molar-refractivity contribution in [2.45, 2.75) is 126 Å². The van der Waals surface area contributed by atoms with E-state index in [-0.39, 0.29) is 52.3 Å². The van der Waals surface area contributed by atoms with E-state index in [1.54, 1.807) is 13.8 Å². The highest BCUT2D eigenvalue weighted by atomic mass is 16.5. The van der Waals surface area contributed by atoms with Gasteiger partial charge in [0.05, 0.1) is 17.3 Å². The van der Waals surface area contributed by atoms with E-state index < -0.39 is 22.8 Å². The average Bonchev–Trinajstić information content (AvgIpc) is 3.26. The minimum Gasteiger partial charge on any atom is -0.481 e. The van der Waals surface area contributed by atoms with Crippen LogP contribution in [0.1, 0.15) is 120 Å². The number of nitrogens with two attached hydrogens (primary N) is 1. The van der Waals surface area contributed by atoms with Gasteiger partial charge in [0.1, 0.15) is 6.10 Å². The fourth-order valence-electron chi connectivity index (χ4n) is 11.8. The highest BCUT2D eigenvalue weighted by molar-refractivity contribution is 6.06. The molecule has 5 rings (SSSR count). The van der Waals surface area contributed by atoms with Gasteiger partial charge in [-0.15, -0.1) is 0 Å². The third-order valence-electron chi connectivity index (χ3n) is 13.8. The molecule has 0 heterocycles. The lowest BCUT2D eigenvalue weighted by molar-refractivity contribution is -0.213. The van der Waals surface area contributed by atoms with Gasteiger partial charge in [-0.05, 0) is 117 Å². The molecule has 6 unspecified atom stereocenters. The van der Waals surface area contributed by atoms with Crippen LogP contribution < -0.4 is 11.1 Å². The van der Waals surface area contributed by atoms with Crippen molar-refractivity contribution < 1.29 is 29.0 Å². The number of aliphatic carboxylic acids is 1. The molecule has 0 aromatic heterocycles. The molecule has 0 saturated heterocycles. The monoisotopic (exact) mass is 626 g/mol. The van der Waals surface area contributed by atoms with Gasteiger partial charge in [-0.2, -0.15) is 0 Å². The van der Waals surface area contributed by atoms with Crippen molar-refractivity contribution >= 4 is 23.6 Å². The molecular weight excluding hydrogens is 568 g/mol. The molecule has 0 bridgehead atoms. The van der Waals surface area contributed by atoms with Crippen molar-refractivity contribution in [1.29, 1.82) is 0 Å². The summed E-state index contributed by atoms with van der Waals surface area (Å²) >= 11 is 0. The zero-order chi connectivity index (χ0) is 33.3. The lowest BCUT2D eigenvalue weighted by Crippen LogP contribution is -2.63. The zero-order valence-corrected chi connectivity index (χ0v) is 29.0. The molecule has 5 aliphatic carbocycles. The second kappa shape index (κ2) is 11.5. The Balaban J connectivity index is 1.42. The number of nitrogens with one attached hydrogen (secondary N) is 1. The quantitative estimate of drug-likeness (QED) is 0.279. The molecule has 0 aromatic carbocycles. The minimum absolute atomic E-state index is 0.00490. The van der Waals surface area contributed by atoms with Gasteiger partial charge in [0.15, 0.2) is 5.78 Å². The fraction of sp³-hybridized carbons (Fsp3) is 0.838. The first-order valence-corrected chi connectivity index (χ1v) is 17.6. The highest BCUT2D eigenvalue weighted by Gasteiger charge is 2.67. The summed E-state index contributed by atoms with van der Waals surface area (Å²) in [4.78, 5) is 52.0. The molecule has 4 fully saturated rings. The van der Waals surface area contributed by atoms with Crippen molar-refractivity contribution in [3.63, 3.8) is 0 Å². The lowest BCUT2D eigenvalue weighted by atomic mass is 9.36.